The van der Waals surface area contributed by atoms with Gasteiger partial charge in [-0.05, 0) is 31.2 Å². The molecule has 1 aromatic rings. The van der Waals surface area contributed by atoms with Gasteiger partial charge in [0.1, 0.15) is 0 Å². The lowest BCUT2D eigenvalue weighted by Crippen LogP contribution is -2.29. The molecule has 0 spiro atoms. The van der Waals surface area contributed by atoms with Crippen LogP contribution in [0.15, 0.2) is 22.7 Å². The summed E-state index contributed by atoms with van der Waals surface area (Å²) in [5.74, 6) is 0. The maximum atomic E-state index is 5.93. The smallest absolute Gasteiger partial charge is 0.0417 e. The highest BCUT2D eigenvalue weighted by Crippen LogP contribution is 2.24. The van der Waals surface area contributed by atoms with Crippen LogP contribution in [-0.4, -0.2) is 31.1 Å². The standard InChI is InChI=1S/C12H16BrClN2/c1-15-11-4-5-16(8-11)7-9-2-3-10(14)6-12(9)13/h2-3,6,11,15H,4-5,7-8H2,1H3. The molecule has 1 N–H and O–H groups in total. The molecule has 2 nitrogen and oxygen atoms in total. The Morgan fingerprint density at radius 1 is 1.56 bits per heavy atom. The number of rotatable bonds is 3. The van der Waals surface area contributed by atoms with Crippen LogP contribution in [-0.2, 0) is 6.54 Å². The Kier molecular flexibility index (Phi) is 4.25. The molecule has 1 fully saturated rings. The van der Waals surface area contributed by atoms with Gasteiger partial charge in [-0.2, -0.15) is 0 Å². The Bertz CT molecular complexity index is 370. The summed E-state index contributed by atoms with van der Waals surface area (Å²) in [5.41, 5.74) is 1.31. The first-order valence-corrected chi connectivity index (χ1v) is 6.69. The molecule has 0 bridgehead atoms. The number of likely N-dealkylation sites (N-methyl/N-ethyl adjacent to an activating group) is 1. The first kappa shape index (κ1) is 12.4. The van der Waals surface area contributed by atoms with E-state index in [-0.39, 0.29) is 0 Å². The van der Waals surface area contributed by atoms with E-state index in [9.17, 15) is 0 Å². The molecule has 88 valence electrons. The minimum Gasteiger partial charge on any atom is -0.316 e. The van der Waals surface area contributed by atoms with Crippen LogP contribution < -0.4 is 5.32 Å². The quantitative estimate of drug-likeness (QED) is 0.924. The lowest BCUT2D eigenvalue weighted by Gasteiger charge is -2.16. The second-order valence-corrected chi connectivity index (χ2v) is 5.54. The summed E-state index contributed by atoms with van der Waals surface area (Å²) in [4.78, 5) is 2.47. The highest BCUT2D eigenvalue weighted by Gasteiger charge is 2.21. The summed E-state index contributed by atoms with van der Waals surface area (Å²) < 4.78 is 1.10. The highest BCUT2D eigenvalue weighted by molar-refractivity contribution is 9.10. The molecule has 1 unspecified atom stereocenters. The van der Waals surface area contributed by atoms with E-state index < -0.39 is 0 Å². The number of hydrogen-bond donors (Lipinski definition) is 1. The van der Waals surface area contributed by atoms with Gasteiger partial charge >= 0.3 is 0 Å². The fraction of sp³-hybridized carbons (Fsp3) is 0.500. The van der Waals surface area contributed by atoms with Gasteiger partial charge in [0.25, 0.3) is 0 Å². The van der Waals surface area contributed by atoms with E-state index >= 15 is 0 Å². The van der Waals surface area contributed by atoms with Crippen molar-refractivity contribution >= 4 is 27.5 Å². The molecule has 0 amide bonds. The number of nitrogens with one attached hydrogen (secondary N) is 1. The van der Waals surface area contributed by atoms with Crippen molar-refractivity contribution in [3.63, 3.8) is 0 Å². The normalized spacial score (nSPS) is 21.6. The Morgan fingerprint density at radius 3 is 3.00 bits per heavy atom. The molecular formula is C12H16BrClN2. The fourth-order valence-corrected chi connectivity index (χ4v) is 2.91. The average Bonchev–Trinajstić information content (AvgIpc) is 2.70. The van der Waals surface area contributed by atoms with Crippen LogP contribution in [0.1, 0.15) is 12.0 Å². The Labute approximate surface area is 110 Å². The molecule has 16 heavy (non-hydrogen) atoms. The maximum absolute atomic E-state index is 5.93. The average molecular weight is 304 g/mol. The number of hydrogen-bond acceptors (Lipinski definition) is 2. The summed E-state index contributed by atoms with van der Waals surface area (Å²) >= 11 is 9.49. The van der Waals surface area contributed by atoms with Crippen molar-refractivity contribution in [2.75, 3.05) is 20.1 Å². The van der Waals surface area contributed by atoms with Gasteiger partial charge in [-0.1, -0.05) is 33.6 Å². The van der Waals surface area contributed by atoms with E-state index in [1.165, 1.54) is 18.5 Å². The van der Waals surface area contributed by atoms with E-state index in [1.807, 2.05) is 19.2 Å². The maximum Gasteiger partial charge on any atom is 0.0417 e. The summed E-state index contributed by atoms with van der Waals surface area (Å²) in [5, 5.41) is 4.11. The summed E-state index contributed by atoms with van der Waals surface area (Å²) in [6, 6.07) is 6.65. The van der Waals surface area contributed by atoms with Gasteiger partial charge in [-0.15, -0.1) is 0 Å². The van der Waals surface area contributed by atoms with Gasteiger partial charge in [0.05, 0.1) is 0 Å². The van der Waals surface area contributed by atoms with Crippen molar-refractivity contribution in [2.45, 2.75) is 19.0 Å². The monoisotopic (exact) mass is 302 g/mol. The zero-order valence-electron chi connectivity index (χ0n) is 9.34. The molecule has 2 rings (SSSR count). The van der Waals surface area contributed by atoms with Crippen LogP contribution in [0.2, 0.25) is 5.02 Å². The van der Waals surface area contributed by atoms with E-state index in [4.69, 9.17) is 11.6 Å². The third kappa shape index (κ3) is 2.98. The van der Waals surface area contributed by atoms with Crippen molar-refractivity contribution in [3.05, 3.63) is 33.3 Å². The van der Waals surface area contributed by atoms with Crippen molar-refractivity contribution in [1.82, 2.24) is 10.2 Å². The summed E-state index contributed by atoms with van der Waals surface area (Å²) in [7, 11) is 2.03. The Balaban J connectivity index is 1.99. The van der Waals surface area contributed by atoms with Gasteiger partial charge in [0.2, 0.25) is 0 Å². The van der Waals surface area contributed by atoms with Gasteiger partial charge in [-0.25, -0.2) is 0 Å². The van der Waals surface area contributed by atoms with Crippen LogP contribution in [0.25, 0.3) is 0 Å². The van der Waals surface area contributed by atoms with Crippen LogP contribution >= 0.6 is 27.5 Å². The lowest BCUT2D eigenvalue weighted by molar-refractivity contribution is 0.322. The van der Waals surface area contributed by atoms with Crippen LogP contribution in [0.3, 0.4) is 0 Å². The molecule has 1 atom stereocenters. The van der Waals surface area contributed by atoms with Gasteiger partial charge in [-0.3, -0.25) is 4.90 Å². The van der Waals surface area contributed by atoms with Gasteiger partial charge in [0, 0.05) is 35.2 Å². The molecular weight excluding hydrogens is 288 g/mol. The molecule has 4 heteroatoms. The molecule has 1 saturated heterocycles. The van der Waals surface area contributed by atoms with E-state index in [1.54, 1.807) is 0 Å². The first-order chi connectivity index (χ1) is 7.69. The number of nitrogens with zero attached hydrogens (tertiary/aromatic N) is 1. The largest absolute Gasteiger partial charge is 0.316 e. The van der Waals surface area contributed by atoms with Crippen LogP contribution in [0, 0.1) is 0 Å². The number of likely N-dealkylation sites (tertiary alicyclic amines) is 1. The number of halogens is 2. The molecule has 0 saturated carbocycles. The Morgan fingerprint density at radius 2 is 2.38 bits per heavy atom. The summed E-state index contributed by atoms with van der Waals surface area (Å²) in [6.45, 7) is 3.29. The van der Waals surface area contributed by atoms with E-state index in [0.717, 1.165) is 22.6 Å². The Hall–Kier alpha value is -0.0900. The van der Waals surface area contributed by atoms with Crippen LogP contribution in [0.4, 0.5) is 0 Å². The lowest BCUT2D eigenvalue weighted by atomic mass is 10.2. The molecule has 1 heterocycles. The molecule has 0 aromatic heterocycles. The van der Waals surface area contributed by atoms with Crippen molar-refractivity contribution < 1.29 is 0 Å². The SMILES string of the molecule is CNC1CCN(Cc2ccc(Cl)cc2Br)C1. The molecule has 1 aliphatic rings. The summed E-state index contributed by atoms with van der Waals surface area (Å²) in [6.07, 6.45) is 1.24. The third-order valence-electron chi connectivity index (χ3n) is 3.09. The minimum atomic E-state index is 0.645. The molecule has 1 aromatic carbocycles. The van der Waals surface area contributed by atoms with Crippen molar-refractivity contribution in [2.24, 2.45) is 0 Å². The third-order valence-corrected chi connectivity index (χ3v) is 4.06. The molecule has 1 aliphatic heterocycles. The van der Waals surface area contributed by atoms with E-state index in [2.05, 4.69) is 32.2 Å². The predicted octanol–water partition coefficient (Wildman–Crippen LogP) is 2.90. The highest BCUT2D eigenvalue weighted by atomic mass is 79.9. The van der Waals surface area contributed by atoms with E-state index in [0.29, 0.717) is 6.04 Å². The van der Waals surface area contributed by atoms with Crippen molar-refractivity contribution in [3.8, 4) is 0 Å². The second kappa shape index (κ2) is 5.50. The molecule has 0 aliphatic carbocycles. The second-order valence-electron chi connectivity index (χ2n) is 4.25. The zero-order valence-corrected chi connectivity index (χ0v) is 11.7. The predicted molar refractivity (Wildman–Crippen MR) is 71.9 cm³/mol. The fourth-order valence-electron chi connectivity index (χ4n) is 2.10. The topological polar surface area (TPSA) is 15.3 Å². The van der Waals surface area contributed by atoms with Gasteiger partial charge in [0.15, 0.2) is 0 Å². The minimum absolute atomic E-state index is 0.645. The molecule has 0 radical (unpaired) electrons. The zero-order chi connectivity index (χ0) is 11.5. The number of benzene rings is 1. The van der Waals surface area contributed by atoms with Crippen molar-refractivity contribution in [1.29, 1.82) is 0 Å². The van der Waals surface area contributed by atoms with Gasteiger partial charge < -0.3 is 5.32 Å². The first-order valence-electron chi connectivity index (χ1n) is 5.52. The van der Waals surface area contributed by atoms with Crippen LogP contribution in [0.5, 0.6) is 0 Å².